The summed E-state index contributed by atoms with van der Waals surface area (Å²) in [7, 11) is 0. The average Bonchev–Trinajstić information content (AvgIpc) is 3.22. The van der Waals surface area contributed by atoms with E-state index >= 15 is 0 Å². The van der Waals surface area contributed by atoms with Crippen molar-refractivity contribution in [3.05, 3.63) is 113 Å². The molecule has 150 valence electrons. The molecule has 1 aliphatic rings. The third-order valence-corrected chi connectivity index (χ3v) is 7.45. The lowest BCUT2D eigenvalue weighted by molar-refractivity contribution is 1.26. The summed E-state index contributed by atoms with van der Waals surface area (Å²) < 4.78 is 1.13. The molecule has 0 spiro atoms. The van der Waals surface area contributed by atoms with E-state index in [2.05, 4.69) is 113 Å². The van der Waals surface area contributed by atoms with E-state index in [0.717, 1.165) is 22.1 Å². The van der Waals surface area contributed by atoms with Crippen LogP contribution in [0.15, 0.2) is 102 Å². The van der Waals surface area contributed by atoms with Crippen LogP contribution in [0, 0.1) is 0 Å². The maximum atomic E-state index is 5.22. The van der Waals surface area contributed by atoms with Crippen LogP contribution >= 0.6 is 15.9 Å². The number of pyridine rings is 1. The molecule has 7 rings (SSSR count). The molecule has 0 N–H and O–H groups in total. The summed E-state index contributed by atoms with van der Waals surface area (Å²) in [6.45, 7) is 0. The van der Waals surface area contributed by atoms with Crippen LogP contribution in [0.25, 0.3) is 54.8 Å². The number of hydrogen-bond acceptors (Lipinski definition) is 1. The maximum absolute atomic E-state index is 5.22. The van der Waals surface area contributed by atoms with E-state index in [9.17, 15) is 0 Å². The molecule has 5 aromatic carbocycles. The van der Waals surface area contributed by atoms with Gasteiger partial charge in [0.15, 0.2) is 0 Å². The highest BCUT2D eigenvalue weighted by atomic mass is 79.9. The third kappa shape index (κ3) is 2.47. The molecule has 0 bridgehead atoms. The zero-order valence-electron chi connectivity index (χ0n) is 17.3. The molecule has 0 unspecified atom stereocenters. The van der Waals surface area contributed by atoms with Gasteiger partial charge in [0.05, 0.1) is 11.2 Å². The lowest BCUT2D eigenvalue weighted by Gasteiger charge is -2.17. The summed E-state index contributed by atoms with van der Waals surface area (Å²) in [5, 5.41) is 6.26. The van der Waals surface area contributed by atoms with E-state index in [1.165, 1.54) is 54.7 Å². The SMILES string of the molecule is Brc1ccc(-c2c3c(nc4ccc5ccccc5c24)-c2ccccc2C3)c2ccccc12. The van der Waals surface area contributed by atoms with E-state index in [1.54, 1.807) is 0 Å². The normalized spacial score (nSPS) is 12.4. The number of nitrogens with zero attached hydrogens (tertiary/aromatic N) is 1. The average molecular weight is 472 g/mol. The Bertz CT molecular complexity index is 1710. The number of fused-ring (bicyclic) bond motifs is 7. The lowest BCUT2D eigenvalue weighted by Crippen LogP contribution is -1.96. The Kier molecular flexibility index (Phi) is 3.82. The zero-order chi connectivity index (χ0) is 21.2. The summed E-state index contributed by atoms with van der Waals surface area (Å²) in [5.74, 6) is 0. The van der Waals surface area contributed by atoms with Gasteiger partial charge in [-0.3, -0.25) is 0 Å². The van der Waals surface area contributed by atoms with Crippen molar-refractivity contribution in [1.82, 2.24) is 4.98 Å². The van der Waals surface area contributed by atoms with Crippen molar-refractivity contribution in [2.45, 2.75) is 6.42 Å². The molecular weight excluding hydrogens is 454 g/mol. The largest absolute Gasteiger partial charge is 0.247 e. The van der Waals surface area contributed by atoms with Gasteiger partial charge in [-0.2, -0.15) is 0 Å². The first-order valence-electron chi connectivity index (χ1n) is 10.9. The van der Waals surface area contributed by atoms with E-state index in [1.807, 2.05) is 0 Å². The molecule has 0 fully saturated rings. The molecule has 1 nitrogen and oxygen atoms in total. The Morgan fingerprint density at radius 3 is 2.28 bits per heavy atom. The molecule has 2 heteroatoms. The molecule has 0 saturated carbocycles. The zero-order valence-corrected chi connectivity index (χ0v) is 18.9. The molecule has 0 atom stereocenters. The van der Waals surface area contributed by atoms with Crippen molar-refractivity contribution in [3.63, 3.8) is 0 Å². The Labute approximate surface area is 194 Å². The van der Waals surface area contributed by atoms with Gasteiger partial charge in [0.2, 0.25) is 0 Å². The summed E-state index contributed by atoms with van der Waals surface area (Å²) in [6.07, 6.45) is 0.914. The fourth-order valence-corrected chi connectivity index (χ4v) is 5.82. The quantitative estimate of drug-likeness (QED) is 0.218. The second kappa shape index (κ2) is 6.75. The molecule has 0 amide bonds. The van der Waals surface area contributed by atoms with Crippen LogP contribution in [0.5, 0.6) is 0 Å². The molecule has 6 aromatic rings. The Morgan fingerprint density at radius 2 is 1.38 bits per heavy atom. The van der Waals surface area contributed by atoms with Gasteiger partial charge in [-0.25, -0.2) is 4.98 Å². The van der Waals surface area contributed by atoms with Crippen LogP contribution < -0.4 is 0 Å². The van der Waals surface area contributed by atoms with E-state index in [-0.39, 0.29) is 0 Å². The fraction of sp³-hybridized carbons (Fsp3) is 0.0333. The second-order valence-electron chi connectivity index (χ2n) is 8.47. The van der Waals surface area contributed by atoms with E-state index in [0.29, 0.717) is 0 Å². The summed E-state index contributed by atoms with van der Waals surface area (Å²) in [4.78, 5) is 5.22. The van der Waals surface area contributed by atoms with Crippen molar-refractivity contribution in [1.29, 1.82) is 0 Å². The van der Waals surface area contributed by atoms with E-state index < -0.39 is 0 Å². The van der Waals surface area contributed by atoms with Gasteiger partial charge in [-0.1, -0.05) is 101 Å². The molecule has 0 aliphatic heterocycles. The first-order chi connectivity index (χ1) is 15.8. The highest BCUT2D eigenvalue weighted by molar-refractivity contribution is 9.10. The Balaban J connectivity index is 1.72. The lowest BCUT2D eigenvalue weighted by atomic mass is 9.88. The number of aromatic nitrogens is 1. The summed E-state index contributed by atoms with van der Waals surface area (Å²) >= 11 is 3.77. The number of hydrogen-bond donors (Lipinski definition) is 0. The van der Waals surface area contributed by atoms with Crippen molar-refractivity contribution in [3.8, 4) is 22.4 Å². The molecule has 32 heavy (non-hydrogen) atoms. The molecule has 0 saturated heterocycles. The first-order valence-corrected chi connectivity index (χ1v) is 11.7. The van der Waals surface area contributed by atoms with Gasteiger partial charge in [-0.15, -0.1) is 0 Å². The standard InChI is InChI=1S/C30H18BrN/c31-26-15-14-24(22-11-5-6-12-23(22)26)28-25-17-19-8-2-4-10-21(19)30(25)32-27-16-13-18-7-1-3-9-20(18)29(27)28/h1-16H,17H2. The van der Waals surface area contributed by atoms with Crippen LogP contribution in [0.3, 0.4) is 0 Å². The van der Waals surface area contributed by atoms with Gasteiger partial charge in [-0.05, 0) is 55.9 Å². The number of rotatable bonds is 1. The summed E-state index contributed by atoms with van der Waals surface area (Å²) in [5.41, 5.74) is 8.74. The number of halogens is 1. The summed E-state index contributed by atoms with van der Waals surface area (Å²) in [6, 6.07) is 34.9. The highest BCUT2D eigenvalue weighted by Gasteiger charge is 2.26. The van der Waals surface area contributed by atoms with Crippen LogP contribution in [-0.4, -0.2) is 4.98 Å². The fourth-order valence-electron chi connectivity index (χ4n) is 5.34. The molecule has 1 heterocycles. The Hall–Kier alpha value is -3.49. The van der Waals surface area contributed by atoms with Crippen molar-refractivity contribution < 1.29 is 0 Å². The van der Waals surface area contributed by atoms with Crippen LogP contribution in [-0.2, 0) is 6.42 Å². The monoisotopic (exact) mass is 471 g/mol. The van der Waals surface area contributed by atoms with Gasteiger partial charge in [0.25, 0.3) is 0 Å². The van der Waals surface area contributed by atoms with Crippen molar-refractivity contribution in [2.24, 2.45) is 0 Å². The smallest absolute Gasteiger partial charge is 0.0754 e. The topological polar surface area (TPSA) is 12.9 Å². The predicted molar refractivity (Wildman–Crippen MR) is 138 cm³/mol. The van der Waals surface area contributed by atoms with Crippen LogP contribution in [0.1, 0.15) is 11.1 Å². The minimum Gasteiger partial charge on any atom is -0.247 e. The highest BCUT2D eigenvalue weighted by Crippen LogP contribution is 2.47. The molecule has 1 aliphatic carbocycles. The second-order valence-corrected chi connectivity index (χ2v) is 9.32. The third-order valence-electron chi connectivity index (χ3n) is 6.76. The van der Waals surface area contributed by atoms with Crippen LogP contribution in [0.2, 0.25) is 0 Å². The molecule has 1 aromatic heterocycles. The van der Waals surface area contributed by atoms with Crippen molar-refractivity contribution >= 4 is 48.4 Å². The van der Waals surface area contributed by atoms with Gasteiger partial charge >= 0.3 is 0 Å². The van der Waals surface area contributed by atoms with E-state index in [4.69, 9.17) is 4.98 Å². The van der Waals surface area contributed by atoms with Gasteiger partial charge in [0.1, 0.15) is 0 Å². The number of benzene rings is 5. The van der Waals surface area contributed by atoms with Gasteiger partial charge < -0.3 is 0 Å². The Morgan fingerprint density at radius 1 is 0.625 bits per heavy atom. The minimum absolute atomic E-state index is 0.914. The van der Waals surface area contributed by atoms with Gasteiger partial charge in [0, 0.05) is 21.8 Å². The minimum atomic E-state index is 0.914. The van der Waals surface area contributed by atoms with Crippen molar-refractivity contribution in [2.75, 3.05) is 0 Å². The first kappa shape index (κ1) is 18.1. The molecular formula is C30H18BrN. The molecule has 0 radical (unpaired) electrons. The van der Waals surface area contributed by atoms with Crippen LogP contribution in [0.4, 0.5) is 0 Å². The maximum Gasteiger partial charge on any atom is 0.0754 e. The predicted octanol–water partition coefficient (Wildman–Crippen LogP) is 8.54.